The Kier molecular flexibility index (Phi) is 5.42. The Morgan fingerprint density at radius 2 is 2.13 bits per heavy atom. The van der Waals surface area contributed by atoms with Gasteiger partial charge in [-0.15, -0.1) is 0 Å². The Morgan fingerprint density at radius 1 is 1.33 bits per heavy atom. The summed E-state index contributed by atoms with van der Waals surface area (Å²) in [5, 5.41) is 2.97. The number of amides is 1. The van der Waals surface area contributed by atoms with Gasteiger partial charge in [0.05, 0.1) is 10.9 Å². The van der Waals surface area contributed by atoms with Crippen LogP contribution < -0.4 is 10.2 Å². The Hall–Kier alpha value is -2.64. The summed E-state index contributed by atoms with van der Waals surface area (Å²) in [7, 11) is -1.15. The molecule has 0 bridgehead atoms. The van der Waals surface area contributed by atoms with E-state index in [4.69, 9.17) is 0 Å². The van der Waals surface area contributed by atoms with Crippen LogP contribution in [0, 0.1) is 0 Å². The molecule has 0 saturated carbocycles. The largest absolute Gasteiger partial charge is 0.349 e. The van der Waals surface area contributed by atoms with Crippen molar-refractivity contribution in [3.8, 4) is 11.1 Å². The number of anilines is 1. The highest BCUT2D eigenvalue weighted by atomic mass is 32.3. The maximum Gasteiger partial charge on any atom is 0.220 e. The van der Waals surface area contributed by atoms with E-state index in [0.717, 1.165) is 16.8 Å². The van der Waals surface area contributed by atoms with E-state index in [0.29, 0.717) is 47.4 Å². The van der Waals surface area contributed by atoms with Gasteiger partial charge in [-0.05, 0) is 36.1 Å². The highest BCUT2D eigenvalue weighted by Crippen LogP contribution is 2.59. The van der Waals surface area contributed by atoms with Crippen molar-refractivity contribution >= 4 is 28.1 Å². The number of nitrogens with one attached hydrogen (secondary N) is 1. The monoisotopic (exact) mass is 427 g/mol. The minimum atomic E-state index is -3.00. The third-order valence-electron chi connectivity index (χ3n) is 5.88. The summed E-state index contributed by atoms with van der Waals surface area (Å²) in [5.41, 5.74) is 4.83. The molecule has 3 N–H and O–H groups in total. The Bertz CT molecular complexity index is 1060. The predicted molar refractivity (Wildman–Crippen MR) is 117 cm³/mol. The molecule has 1 aromatic carbocycles. The summed E-state index contributed by atoms with van der Waals surface area (Å²) in [5.74, 6) is 2.13. The first-order valence-electron chi connectivity index (χ1n) is 10.00. The van der Waals surface area contributed by atoms with Gasteiger partial charge >= 0.3 is 0 Å². The zero-order valence-electron chi connectivity index (χ0n) is 17.0. The van der Waals surface area contributed by atoms with Gasteiger partial charge in [0.15, 0.2) is 0 Å². The second-order valence-corrected chi connectivity index (χ2v) is 9.84. The number of hydrogen-bond donors (Lipinski definition) is 3. The van der Waals surface area contributed by atoms with Crippen LogP contribution in [0.15, 0.2) is 41.2 Å². The Morgan fingerprint density at radius 3 is 2.87 bits per heavy atom. The molecule has 2 aliphatic rings. The molecular formula is C22H25N3O4S. The SMILES string of the molecule is CCC(=O)N[C@@H]1CCS(O)(O)c2c(-c3ccc4c(c3)CCC(=C=O)N4C)cncc21. The zero-order chi connectivity index (χ0) is 21.5. The summed E-state index contributed by atoms with van der Waals surface area (Å²) in [6, 6.07) is 5.58. The van der Waals surface area contributed by atoms with E-state index >= 15 is 0 Å². The molecule has 1 amide bonds. The van der Waals surface area contributed by atoms with Crippen LogP contribution in [0.25, 0.3) is 11.1 Å². The van der Waals surface area contributed by atoms with Crippen molar-refractivity contribution in [3.63, 3.8) is 0 Å². The molecule has 30 heavy (non-hydrogen) atoms. The number of carbonyl (C=O) groups excluding carboxylic acids is 2. The molecule has 158 valence electrons. The fraction of sp³-hybridized carbons (Fsp3) is 0.364. The van der Waals surface area contributed by atoms with Crippen molar-refractivity contribution in [1.29, 1.82) is 0 Å². The molecular weight excluding hydrogens is 402 g/mol. The number of carbonyl (C=O) groups is 1. The lowest BCUT2D eigenvalue weighted by Gasteiger charge is -2.42. The summed E-state index contributed by atoms with van der Waals surface area (Å²) in [4.78, 5) is 29.8. The topological polar surface area (TPSA) is 103 Å². The smallest absolute Gasteiger partial charge is 0.220 e. The van der Waals surface area contributed by atoms with E-state index in [1.807, 2.05) is 36.1 Å². The molecule has 4 rings (SSSR count). The van der Waals surface area contributed by atoms with Gasteiger partial charge < -0.3 is 10.2 Å². The number of rotatable bonds is 3. The maximum absolute atomic E-state index is 12.0. The van der Waals surface area contributed by atoms with Crippen LogP contribution in [0.1, 0.15) is 43.4 Å². The van der Waals surface area contributed by atoms with Crippen LogP contribution in [0.2, 0.25) is 0 Å². The Labute approximate surface area is 177 Å². The molecule has 2 aliphatic heterocycles. The average molecular weight is 428 g/mol. The number of pyridine rings is 1. The van der Waals surface area contributed by atoms with Gasteiger partial charge in [0.1, 0.15) is 11.6 Å². The third kappa shape index (κ3) is 3.52. The number of nitrogens with zero attached hydrogens (tertiary/aromatic N) is 2. The van der Waals surface area contributed by atoms with Crippen molar-refractivity contribution in [2.24, 2.45) is 0 Å². The van der Waals surface area contributed by atoms with Crippen molar-refractivity contribution in [3.05, 3.63) is 47.4 Å². The Balaban J connectivity index is 1.81. The molecule has 0 unspecified atom stereocenters. The second kappa shape index (κ2) is 7.89. The van der Waals surface area contributed by atoms with Gasteiger partial charge in [-0.25, -0.2) is 4.79 Å². The molecule has 8 heteroatoms. The average Bonchev–Trinajstić information content (AvgIpc) is 2.75. The van der Waals surface area contributed by atoms with Crippen LogP contribution in [0.5, 0.6) is 0 Å². The highest BCUT2D eigenvalue weighted by Gasteiger charge is 2.34. The van der Waals surface area contributed by atoms with Crippen molar-refractivity contribution in [1.82, 2.24) is 10.3 Å². The van der Waals surface area contributed by atoms with Gasteiger partial charge in [0, 0.05) is 54.9 Å². The lowest BCUT2D eigenvalue weighted by Crippen LogP contribution is -2.32. The lowest BCUT2D eigenvalue weighted by molar-refractivity contribution is -0.121. The van der Waals surface area contributed by atoms with E-state index in [1.165, 1.54) is 0 Å². The van der Waals surface area contributed by atoms with Gasteiger partial charge in [-0.3, -0.25) is 18.9 Å². The number of hydrogen-bond acceptors (Lipinski definition) is 6. The number of aryl methyl sites for hydroxylation is 1. The minimum absolute atomic E-state index is 0.0782. The lowest BCUT2D eigenvalue weighted by atomic mass is 9.94. The van der Waals surface area contributed by atoms with Crippen LogP contribution in [-0.4, -0.2) is 38.7 Å². The molecule has 0 saturated heterocycles. The fourth-order valence-corrected chi connectivity index (χ4v) is 6.10. The maximum atomic E-state index is 12.0. The molecule has 1 atom stereocenters. The van der Waals surface area contributed by atoms with Crippen LogP contribution in [-0.2, 0) is 16.0 Å². The number of allylic oxidation sites excluding steroid dienone is 1. The van der Waals surface area contributed by atoms with E-state index in [1.54, 1.807) is 19.3 Å². The minimum Gasteiger partial charge on any atom is -0.349 e. The summed E-state index contributed by atoms with van der Waals surface area (Å²) >= 11 is 0. The van der Waals surface area contributed by atoms with Crippen LogP contribution >= 0.6 is 10.6 Å². The predicted octanol–water partition coefficient (Wildman–Crippen LogP) is 3.93. The van der Waals surface area contributed by atoms with Crippen LogP contribution in [0.4, 0.5) is 5.69 Å². The van der Waals surface area contributed by atoms with Gasteiger partial charge in [0.2, 0.25) is 5.91 Å². The van der Waals surface area contributed by atoms with E-state index in [2.05, 4.69) is 10.3 Å². The van der Waals surface area contributed by atoms with E-state index in [-0.39, 0.29) is 17.7 Å². The normalized spacial score (nSPS) is 20.6. The summed E-state index contributed by atoms with van der Waals surface area (Å²) in [6.45, 7) is 1.79. The molecule has 3 heterocycles. The zero-order valence-corrected chi connectivity index (χ0v) is 17.8. The number of benzene rings is 1. The van der Waals surface area contributed by atoms with Crippen molar-refractivity contribution < 1.29 is 18.7 Å². The summed E-state index contributed by atoms with van der Waals surface area (Å²) < 4.78 is 21.7. The molecule has 0 spiro atoms. The molecule has 0 fully saturated rings. The first-order chi connectivity index (χ1) is 14.4. The van der Waals surface area contributed by atoms with Crippen molar-refractivity contribution in [2.75, 3.05) is 17.7 Å². The number of aromatic nitrogens is 1. The molecule has 1 aromatic heterocycles. The quantitative estimate of drug-likeness (QED) is 0.642. The molecule has 7 nitrogen and oxygen atoms in total. The summed E-state index contributed by atoms with van der Waals surface area (Å²) in [6.07, 6.45) is 5.43. The first-order valence-corrected chi connectivity index (χ1v) is 11.7. The van der Waals surface area contributed by atoms with Crippen LogP contribution in [0.3, 0.4) is 0 Å². The van der Waals surface area contributed by atoms with Crippen molar-refractivity contribution in [2.45, 2.75) is 43.5 Å². The second-order valence-electron chi connectivity index (χ2n) is 7.69. The molecule has 0 radical (unpaired) electrons. The molecule has 0 aliphatic carbocycles. The van der Waals surface area contributed by atoms with Gasteiger partial charge in [-0.2, -0.15) is 10.6 Å². The van der Waals surface area contributed by atoms with E-state index in [9.17, 15) is 18.7 Å². The van der Waals surface area contributed by atoms with E-state index < -0.39 is 10.6 Å². The van der Waals surface area contributed by atoms with Gasteiger partial charge in [-0.1, -0.05) is 13.0 Å². The molecule has 2 aromatic rings. The highest BCUT2D eigenvalue weighted by molar-refractivity contribution is 8.24. The number of fused-ring (bicyclic) bond motifs is 2. The fourth-order valence-electron chi connectivity index (χ4n) is 4.24. The standard InChI is InChI=1S/C22H25N3O4S/c1-3-21(27)24-19-8-9-30(28,29)22-17(11-23-12-18(19)22)14-5-7-20-15(10-14)4-6-16(13-26)25(20)2/h5,7,10-12,19,28-29H,3-4,6,8-9H2,1-2H3,(H,24,27)/t19-/m1/s1. The third-order valence-corrected chi connectivity index (χ3v) is 7.79. The van der Waals surface area contributed by atoms with Gasteiger partial charge in [0.25, 0.3) is 0 Å². The first kappa shape index (κ1) is 20.6.